The van der Waals surface area contributed by atoms with Crippen LogP contribution >= 0.6 is 11.6 Å². The zero-order valence-corrected chi connectivity index (χ0v) is 16.7. The number of alkyl halides is 3. The van der Waals surface area contributed by atoms with Crippen molar-refractivity contribution in [2.24, 2.45) is 0 Å². The number of rotatable bonds is 5. The Morgan fingerprint density at radius 2 is 1.86 bits per heavy atom. The average molecular weight is 427 g/mol. The van der Waals surface area contributed by atoms with Gasteiger partial charge in [-0.25, -0.2) is 4.98 Å². The van der Waals surface area contributed by atoms with Crippen LogP contribution in [0.2, 0.25) is 5.02 Å². The first kappa shape index (κ1) is 21.4. The van der Waals surface area contributed by atoms with E-state index >= 15 is 0 Å². The maximum absolute atomic E-state index is 12.6. The molecule has 1 amide bonds. The summed E-state index contributed by atoms with van der Waals surface area (Å²) >= 11 is 6.17. The highest BCUT2D eigenvalue weighted by Gasteiger charge is 2.31. The first-order chi connectivity index (χ1) is 13.7. The summed E-state index contributed by atoms with van der Waals surface area (Å²) in [5.41, 5.74) is 0.102. The Hall–Kier alpha value is -2.32. The smallest absolute Gasteiger partial charge is 0.354 e. The molecular weight excluding hydrogens is 405 g/mol. The third kappa shape index (κ3) is 5.61. The molecule has 0 spiro atoms. The molecule has 0 saturated carbocycles. The molecule has 0 bridgehead atoms. The Morgan fingerprint density at radius 1 is 1.17 bits per heavy atom. The van der Waals surface area contributed by atoms with Crippen LogP contribution in [0, 0.1) is 0 Å². The van der Waals surface area contributed by atoms with Crippen molar-refractivity contribution in [2.45, 2.75) is 19.1 Å². The second-order valence-corrected chi connectivity index (χ2v) is 7.38. The summed E-state index contributed by atoms with van der Waals surface area (Å²) in [6.45, 7) is 4.56. The number of carbonyl (C=O) groups is 1. The molecule has 3 rings (SSSR count). The molecule has 1 atom stereocenters. The molecule has 1 saturated heterocycles. The molecule has 0 radical (unpaired) electrons. The van der Waals surface area contributed by atoms with Gasteiger partial charge >= 0.3 is 6.18 Å². The van der Waals surface area contributed by atoms with Crippen LogP contribution in [0.3, 0.4) is 0 Å². The Kier molecular flexibility index (Phi) is 6.64. The van der Waals surface area contributed by atoms with Gasteiger partial charge in [0.05, 0.1) is 18.2 Å². The second kappa shape index (κ2) is 9.00. The Labute approximate surface area is 172 Å². The van der Waals surface area contributed by atoms with Gasteiger partial charge in [0.15, 0.2) is 0 Å². The number of benzene rings is 1. The number of hydrogen-bond acceptors (Lipinski definition) is 4. The molecule has 2 aromatic rings. The molecule has 1 fully saturated rings. The lowest BCUT2D eigenvalue weighted by molar-refractivity contribution is -0.137. The lowest BCUT2D eigenvalue weighted by Gasteiger charge is -2.35. The standard InChI is InChI=1S/C20H22ClF3N4O/c1-14(16-4-2-3-5-17(16)21)26-19(29)13-27-8-10-28(11-9-27)18-7-6-15(12-25-18)20(22,23)24/h2-7,12,14H,8-11,13H2,1H3,(H,26,29). The molecule has 1 N–H and O–H groups in total. The molecule has 156 valence electrons. The second-order valence-electron chi connectivity index (χ2n) is 6.98. The van der Waals surface area contributed by atoms with E-state index in [0.717, 1.165) is 17.8 Å². The van der Waals surface area contributed by atoms with E-state index in [1.54, 1.807) is 6.07 Å². The van der Waals surface area contributed by atoms with Crippen LogP contribution < -0.4 is 10.2 Å². The van der Waals surface area contributed by atoms with Crippen molar-refractivity contribution in [3.63, 3.8) is 0 Å². The minimum Gasteiger partial charge on any atom is -0.354 e. The molecule has 2 heterocycles. The summed E-state index contributed by atoms with van der Waals surface area (Å²) in [4.78, 5) is 20.2. The predicted octanol–water partition coefficient (Wildman–Crippen LogP) is 3.75. The van der Waals surface area contributed by atoms with Gasteiger partial charge in [-0.2, -0.15) is 13.2 Å². The Morgan fingerprint density at radius 3 is 2.45 bits per heavy atom. The quantitative estimate of drug-likeness (QED) is 0.791. The zero-order valence-electron chi connectivity index (χ0n) is 15.9. The number of amides is 1. The largest absolute Gasteiger partial charge is 0.417 e. The van der Waals surface area contributed by atoms with Gasteiger partial charge in [-0.1, -0.05) is 29.8 Å². The van der Waals surface area contributed by atoms with Crippen molar-refractivity contribution >= 4 is 23.3 Å². The molecule has 1 aliphatic rings. The van der Waals surface area contributed by atoms with Gasteiger partial charge in [0.25, 0.3) is 0 Å². The Balaban J connectivity index is 1.48. The number of nitrogens with zero attached hydrogens (tertiary/aromatic N) is 3. The average Bonchev–Trinajstić information content (AvgIpc) is 2.68. The number of pyridine rings is 1. The van der Waals surface area contributed by atoms with Crippen LogP contribution in [-0.4, -0.2) is 48.5 Å². The van der Waals surface area contributed by atoms with Crippen molar-refractivity contribution in [1.29, 1.82) is 0 Å². The predicted molar refractivity (Wildman–Crippen MR) is 106 cm³/mol. The van der Waals surface area contributed by atoms with E-state index < -0.39 is 11.7 Å². The highest BCUT2D eigenvalue weighted by atomic mass is 35.5. The van der Waals surface area contributed by atoms with Gasteiger partial charge in [-0.05, 0) is 30.7 Å². The molecule has 1 aromatic heterocycles. The zero-order chi connectivity index (χ0) is 21.0. The topological polar surface area (TPSA) is 48.5 Å². The van der Waals surface area contributed by atoms with Crippen molar-refractivity contribution in [3.8, 4) is 0 Å². The highest BCUT2D eigenvalue weighted by Crippen LogP contribution is 2.29. The van der Waals surface area contributed by atoms with E-state index in [1.807, 2.05) is 34.9 Å². The summed E-state index contributed by atoms with van der Waals surface area (Å²) in [6.07, 6.45) is -3.54. The summed E-state index contributed by atoms with van der Waals surface area (Å²) in [5, 5.41) is 3.56. The van der Waals surface area contributed by atoms with Crippen molar-refractivity contribution in [1.82, 2.24) is 15.2 Å². The summed E-state index contributed by atoms with van der Waals surface area (Å²) in [7, 11) is 0. The van der Waals surface area contributed by atoms with Crippen LogP contribution in [0.25, 0.3) is 0 Å². The SMILES string of the molecule is CC(NC(=O)CN1CCN(c2ccc(C(F)(F)F)cn2)CC1)c1ccccc1Cl. The van der Waals surface area contributed by atoms with Gasteiger partial charge in [0.2, 0.25) is 5.91 Å². The molecule has 9 heteroatoms. The van der Waals surface area contributed by atoms with Crippen LogP contribution in [0.1, 0.15) is 24.1 Å². The molecule has 1 aromatic carbocycles. The van der Waals surface area contributed by atoms with E-state index in [-0.39, 0.29) is 18.5 Å². The molecule has 0 aliphatic carbocycles. The lowest BCUT2D eigenvalue weighted by atomic mass is 10.1. The molecule has 1 aliphatic heterocycles. The van der Waals surface area contributed by atoms with Gasteiger partial charge in [0.1, 0.15) is 5.82 Å². The van der Waals surface area contributed by atoms with Gasteiger partial charge < -0.3 is 10.2 Å². The van der Waals surface area contributed by atoms with Crippen molar-refractivity contribution in [3.05, 3.63) is 58.7 Å². The number of hydrogen-bond donors (Lipinski definition) is 1. The van der Waals surface area contributed by atoms with Crippen LogP contribution in [0.4, 0.5) is 19.0 Å². The minimum atomic E-state index is -4.39. The summed E-state index contributed by atoms with van der Waals surface area (Å²) < 4.78 is 37.9. The number of piperazine rings is 1. The number of nitrogens with one attached hydrogen (secondary N) is 1. The van der Waals surface area contributed by atoms with Gasteiger partial charge in [-0.3, -0.25) is 9.69 Å². The van der Waals surface area contributed by atoms with Crippen LogP contribution in [0.15, 0.2) is 42.6 Å². The van der Waals surface area contributed by atoms with Gasteiger partial charge in [-0.15, -0.1) is 0 Å². The number of aromatic nitrogens is 1. The van der Waals surface area contributed by atoms with E-state index in [2.05, 4.69) is 10.3 Å². The lowest BCUT2D eigenvalue weighted by Crippen LogP contribution is -2.50. The molecule has 1 unspecified atom stereocenters. The third-order valence-corrected chi connectivity index (χ3v) is 5.23. The molecular formula is C20H22ClF3N4O. The van der Waals surface area contributed by atoms with E-state index in [9.17, 15) is 18.0 Å². The number of anilines is 1. The maximum atomic E-state index is 12.6. The van der Waals surface area contributed by atoms with Gasteiger partial charge in [0, 0.05) is 37.4 Å². The highest BCUT2D eigenvalue weighted by molar-refractivity contribution is 6.31. The maximum Gasteiger partial charge on any atom is 0.417 e. The third-order valence-electron chi connectivity index (χ3n) is 4.89. The first-order valence-electron chi connectivity index (χ1n) is 9.28. The first-order valence-corrected chi connectivity index (χ1v) is 9.66. The fraction of sp³-hybridized carbons (Fsp3) is 0.400. The molecule has 29 heavy (non-hydrogen) atoms. The summed E-state index contributed by atoms with van der Waals surface area (Å²) in [6, 6.07) is 9.60. The van der Waals surface area contributed by atoms with Crippen molar-refractivity contribution < 1.29 is 18.0 Å². The van der Waals surface area contributed by atoms with Crippen molar-refractivity contribution in [2.75, 3.05) is 37.6 Å². The van der Waals surface area contributed by atoms with Crippen LogP contribution in [0.5, 0.6) is 0 Å². The van der Waals surface area contributed by atoms with E-state index in [1.165, 1.54) is 6.07 Å². The number of halogens is 4. The summed E-state index contributed by atoms with van der Waals surface area (Å²) in [5.74, 6) is 0.410. The van der Waals surface area contributed by atoms with Crippen LogP contribution in [-0.2, 0) is 11.0 Å². The molecule has 5 nitrogen and oxygen atoms in total. The monoisotopic (exact) mass is 426 g/mol. The van der Waals surface area contributed by atoms with E-state index in [0.29, 0.717) is 37.0 Å². The normalized spacial score (nSPS) is 16.5. The minimum absolute atomic E-state index is 0.0986. The number of carbonyl (C=O) groups excluding carboxylic acids is 1. The Bertz CT molecular complexity index is 836. The fourth-order valence-corrected chi connectivity index (χ4v) is 3.57. The van der Waals surface area contributed by atoms with E-state index in [4.69, 9.17) is 11.6 Å². The fourth-order valence-electron chi connectivity index (χ4n) is 3.27.